The van der Waals surface area contributed by atoms with E-state index in [-0.39, 0.29) is 11.8 Å². The summed E-state index contributed by atoms with van der Waals surface area (Å²) in [4.78, 5) is 24.6. The van der Waals surface area contributed by atoms with Gasteiger partial charge in [0.1, 0.15) is 4.21 Å². The second-order valence-corrected chi connectivity index (χ2v) is 12.9. The molecule has 0 unspecified atom stereocenters. The van der Waals surface area contributed by atoms with Crippen molar-refractivity contribution in [1.82, 2.24) is 14.3 Å². The highest BCUT2D eigenvalue weighted by Gasteiger charge is 2.35. The lowest BCUT2D eigenvalue weighted by Gasteiger charge is -2.32. The van der Waals surface area contributed by atoms with Gasteiger partial charge in [-0.3, -0.25) is 14.7 Å². The summed E-state index contributed by atoms with van der Waals surface area (Å²) in [6, 6.07) is 11.3. The van der Waals surface area contributed by atoms with Crippen molar-refractivity contribution in [2.75, 3.05) is 18.0 Å². The number of hydrogen-bond donors (Lipinski definition) is 0. The number of sulfonamides is 1. The van der Waals surface area contributed by atoms with Crippen molar-refractivity contribution in [3.63, 3.8) is 0 Å². The lowest BCUT2D eigenvalue weighted by atomic mass is 9.96. The summed E-state index contributed by atoms with van der Waals surface area (Å²) in [6.45, 7) is 5.15. The number of amides is 1. The van der Waals surface area contributed by atoms with E-state index in [2.05, 4.69) is 24.0 Å². The highest BCUT2D eigenvalue weighted by Crippen LogP contribution is 2.35. The molecule has 0 atom stereocenters. The highest BCUT2D eigenvalue weighted by atomic mass is 32.2. The first-order valence-electron chi connectivity index (χ1n) is 11.5. The number of piperidine rings is 1. The summed E-state index contributed by atoms with van der Waals surface area (Å²) in [5.74, 6) is -0.273. The van der Waals surface area contributed by atoms with E-state index in [1.165, 1.54) is 27.0 Å². The van der Waals surface area contributed by atoms with Gasteiger partial charge in [0.2, 0.25) is 5.91 Å². The van der Waals surface area contributed by atoms with Crippen molar-refractivity contribution < 1.29 is 13.2 Å². The van der Waals surface area contributed by atoms with Crippen LogP contribution in [0.2, 0.25) is 0 Å². The quantitative estimate of drug-likeness (QED) is 0.353. The molecule has 7 nitrogen and oxygen atoms in total. The van der Waals surface area contributed by atoms with Gasteiger partial charge in [-0.2, -0.15) is 4.31 Å². The minimum absolute atomic E-state index is 0.00986. The number of pyridine rings is 1. The number of thiophene rings is 1. The minimum Gasteiger partial charge on any atom is -0.283 e. The molecule has 1 aromatic carbocycles. The number of rotatable bonds is 6. The molecule has 182 valence electrons. The molecular formula is C25H26N4O3S3. The molecular weight excluding hydrogens is 501 g/mol. The molecule has 4 heterocycles. The third-order valence-corrected chi connectivity index (χ3v) is 10.9. The molecule has 1 amide bonds. The number of carbonyl (C=O) groups is 1. The van der Waals surface area contributed by atoms with Crippen molar-refractivity contribution in [3.05, 3.63) is 70.9 Å². The van der Waals surface area contributed by atoms with E-state index in [0.717, 1.165) is 26.9 Å². The molecule has 1 fully saturated rings. The molecule has 0 radical (unpaired) electrons. The SMILES string of the molecule is Cc1ccc(C)c2sc(N(Cc3ccncc3)C(=O)C3CCN(S(=O)(=O)c4cccs4)CC3)nc12. The number of anilines is 1. The van der Waals surface area contributed by atoms with E-state index < -0.39 is 10.0 Å². The molecule has 0 aliphatic carbocycles. The Labute approximate surface area is 213 Å². The van der Waals surface area contributed by atoms with E-state index in [0.29, 0.717) is 41.8 Å². The number of benzene rings is 1. The van der Waals surface area contributed by atoms with Gasteiger partial charge in [0.15, 0.2) is 5.13 Å². The third-order valence-electron chi connectivity index (χ3n) is 6.41. The Morgan fingerprint density at radius 3 is 2.46 bits per heavy atom. The largest absolute Gasteiger partial charge is 0.283 e. The third kappa shape index (κ3) is 4.75. The van der Waals surface area contributed by atoms with Crippen LogP contribution in [0.5, 0.6) is 0 Å². The average Bonchev–Trinajstić information content (AvgIpc) is 3.57. The average molecular weight is 527 g/mol. The number of hydrogen-bond acceptors (Lipinski definition) is 7. The van der Waals surface area contributed by atoms with Gasteiger partial charge in [0, 0.05) is 31.4 Å². The number of nitrogens with zero attached hydrogens (tertiary/aromatic N) is 4. The van der Waals surface area contributed by atoms with Crippen molar-refractivity contribution in [1.29, 1.82) is 0 Å². The molecule has 10 heteroatoms. The number of carbonyl (C=O) groups excluding carboxylic acids is 1. The Bertz CT molecular complexity index is 1400. The van der Waals surface area contributed by atoms with E-state index in [9.17, 15) is 13.2 Å². The summed E-state index contributed by atoms with van der Waals surface area (Å²) in [6.07, 6.45) is 4.41. The summed E-state index contributed by atoms with van der Waals surface area (Å²) in [7, 11) is -3.51. The van der Waals surface area contributed by atoms with Gasteiger partial charge < -0.3 is 0 Å². The second kappa shape index (κ2) is 9.77. The Morgan fingerprint density at radius 1 is 1.09 bits per heavy atom. The predicted molar refractivity (Wildman–Crippen MR) is 140 cm³/mol. The fraction of sp³-hybridized carbons (Fsp3) is 0.320. The maximum atomic E-state index is 13.8. The van der Waals surface area contributed by atoms with Gasteiger partial charge in [-0.15, -0.1) is 11.3 Å². The maximum absolute atomic E-state index is 13.8. The first kappa shape index (κ1) is 24.1. The standard InChI is InChI=1S/C25H26N4O3S3/c1-17-5-6-18(2)23-22(17)27-25(34-23)29(16-19-7-11-26-12-8-19)24(30)20-9-13-28(14-10-20)35(31,32)21-4-3-15-33-21/h3-8,11-12,15,20H,9-10,13-14,16H2,1-2H3. The van der Waals surface area contributed by atoms with Crippen molar-refractivity contribution in [2.45, 2.75) is 37.4 Å². The lowest BCUT2D eigenvalue weighted by Crippen LogP contribution is -2.44. The lowest BCUT2D eigenvalue weighted by molar-refractivity contribution is -0.123. The molecule has 5 rings (SSSR count). The summed E-state index contributed by atoms with van der Waals surface area (Å²) in [5.41, 5.74) is 4.11. The van der Waals surface area contributed by atoms with E-state index in [1.54, 1.807) is 34.8 Å². The fourth-order valence-electron chi connectivity index (χ4n) is 4.38. The van der Waals surface area contributed by atoms with Crippen LogP contribution in [-0.2, 0) is 21.4 Å². The zero-order chi connectivity index (χ0) is 24.6. The van der Waals surface area contributed by atoms with Crippen molar-refractivity contribution in [3.8, 4) is 0 Å². The molecule has 35 heavy (non-hydrogen) atoms. The van der Waals surface area contributed by atoms with Crippen LogP contribution < -0.4 is 4.90 Å². The normalized spacial score (nSPS) is 15.5. The van der Waals surface area contributed by atoms with Crippen LogP contribution in [-0.4, -0.2) is 41.7 Å². The van der Waals surface area contributed by atoms with Gasteiger partial charge in [-0.25, -0.2) is 13.4 Å². The number of aryl methyl sites for hydroxylation is 2. The van der Waals surface area contributed by atoms with Crippen molar-refractivity contribution >= 4 is 54.0 Å². The van der Waals surface area contributed by atoms with Gasteiger partial charge >= 0.3 is 0 Å². The van der Waals surface area contributed by atoms with Crippen LogP contribution >= 0.6 is 22.7 Å². The minimum atomic E-state index is -3.51. The summed E-state index contributed by atoms with van der Waals surface area (Å²) in [5, 5.41) is 2.44. The Balaban J connectivity index is 1.41. The Morgan fingerprint density at radius 2 is 1.80 bits per heavy atom. The van der Waals surface area contributed by atoms with Gasteiger partial charge in [-0.05, 0) is 67.0 Å². The van der Waals surface area contributed by atoms with Crippen LogP contribution in [0, 0.1) is 19.8 Å². The van der Waals surface area contributed by atoms with Gasteiger partial charge in [0.25, 0.3) is 10.0 Å². The van der Waals surface area contributed by atoms with E-state index in [4.69, 9.17) is 4.98 Å². The van der Waals surface area contributed by atoms with E-state index in [1.807, 2.05) is 19.1 Å². The molecule has 0 N–H and O–H groups in total. The van der Waals surface area contributed by atoms with E-state index >= 15 is 0 Å². The first-order valence-corrected chi connectivity index (χ1v) is 14.6. The smallest absolute Gasteiger partial charge is 0.252 e. The molecule has 0 spiro atoms. The second-order valence-electron chi connectivity index (χ2n) is 8.76. The zero-order valence-corrected chi connectivity index (χ0v) is 22.0. The van der Waals surface area contributed by atoms with Gasteiger partial charge in [-0.1, -0.05) is 29.5 Å². The van der Waals surface area contributed by atoms with Crippen LogP contribution in [0.25, 0.3) is 10.2 Å². The number of aromatic nitrogens is 2. The molecule has 1 aliphatic rings. The fourth-order valence-corrected chi connectivity index (χ4v) is 8.11. The van der Waals surface area contributed by atoms with Gasteiger partial charge in [0.05, 0.1) is 16.8 Å². The monoisotopic (exact) mass is 526 g/mol. The zero-order valence-electron chi connectivity index (χ0n) is 19.5. The first-order chi connectivity index (χ1) is 16.8. The van der Waals surface area contributed by atoms with Crippen LogP contribution in [0.3, 0.4) is 0 Å². The van der Waals surface area contributed by atoms with Crippen LogP contribution in [0.4, 0.5) is 5.13 Å². The number of fused-ring (bicyclic) bond motifs is 1. The van der Waals surface area contributed by atoms with Crippen LogP contribution in [0.15, 0.2) is 58.4 Å². The molecule has 0 saturated carbocycles. The number of thiazole rings is 1. The molecule has 3 aromatic heterocycles. The molecule has 0 bridgehead atoms. The van der Waals surface area contributed by atoms with Crippen molar-refractivity contribution in [2.24, 2.45) is 5.92 Å². The Hall–Kier alpha value is -2.66. The summed E-state index contributed by atoms with van der Waals surface area (Å²) < 4.78 is 28.8. The predicted octanol–water partition coefficient (Wildman–Crippen LogP) is 5.00. The maximum Gasteiger partial charge on any atom is 0.252 e. The highest BCUT2D eigenvalue weighted by molar-refractivity contribution is 7.91. The summed E-state index contributed by atoms with van der Waals surface area (Å²) >= 11 is 2.76. The molecule has 4 aromatic rings. The topological polar surface area (TPSA) is 83.5 Å². The molecule has 1 aliphatic heterocycles. The van der Waals surface area contributed by atoms with Crippen LogP contribution in [0.1, 0.15) is 29.5 Å². The molecule has 1 saturated heterocycles. The Kier molecular flexibility index (Phi) is 6.71.